The number of nitrogens with one attached hydrogen (secondary N) is 1. The predicted molar refractivity (Wildman–Crippen MR) is 78.9 cm³/mol. The number of aliphatic hydroxyl groups is 1. The number of nitrogens with two attached hydrogens (primary N) is 1. The molecule has 2 rings (SSSR count). The fraction of sp³-hybridized carbons (Fsp3) is 0.308. The van der Waals surface area contributed by atoms with Crippen LogP contribution in [0, 0.1) is 6.92 Å². The van der Waals surface area contributed by atoms with Crippen LogP contribution in [0.2, 0.25) is 0 Å². The molecule has 1 atom stereocenters. The number of rotatable bonds is 5. The first kappa shape index (κ1) is 15.5. The molecule has 0 saturated carbocycles. The van der Waals surface area contributed by atoms with Crippen molar-refractivity contribution in [3.05, 3.63) is 41.6 Å². The summed E-state index contributed by atoms with van der Waals surface area (Å²) in [6.07, 6.45) is 0. The topological polar surface area (TPSA) is 110 Å². The van der Waals surface area contributed by atoms with Gasteiger partial charge in [0.05, 0.1) is 18.3 Å². The highest BCUT2D eigenvalue weighted by Gasteiger charge is 2.27. The molecular weight excluding hydrogens is 292 g/mol. The average Bonchev–Trinajstić information content (AvgIpc) is 2.71. The van der Waals surface area contributed by atoms with Crippen molar-refractivity contribution in [1.29, 1.82) is 0 Å². The summed E-state index contributed by atoms with van der Waals surface area (Å²) in [6, 6.07) is 8.10. The van der Waals surface area contributed by atoms with Crippen LogP contribution in [0.1, 0.15) is 17.3 Å². The third-order valence-corrected chi connectivity index (χ3v) is 4.89. The number of benzene rings is 1. The molecule has 0 amide bonds. The van der Waals surface area contributed by atoms with E-state index in [1.165, 1.54) is 4.68 Å². The fourth-order valence-electron chi connectivity index (χ4n) is 2.09. The molecule has 0 spiro atoms. The van der Waals surface area contributed by atoms with E-state index in [1.54, 1.807) is 38.2 Å². The Morgan fingerprint density at radius 1 is 1.38 bits per heavy atom. The van der Waals surface area contributed by atoms with Crippen LogP contribution in [-0.2, 0) is 17.1 Å². The van der Waals surface area contributed by atoms with E-state index in [1.807, 2.05) is 6.07 Å². The Labute approximate surface area is 123 Å². The minimum absolute atomic E-state index is 0.0561. The summed E-state index contributed by atoms with van der Waals surface area (Å²) in [5.74, 6) is -0.0627. The van der Waals surface area contributed by atoms with E-state index in [2.05, 4.69) is 9.82 Å². The normalized spacial score (nSPS) is 13.3. The van der Waals surface area contributed by atoms with Gasteiger partial charge in [0.2, 0.25) is 10.0 Å². The predicted octanol–water partition coefficient (Wildman–Crippen LogP) is 0.323. The minimum Gasteiger partial charge on any atom is -0.394 e. The van der Waals surface area contributed by atoms with Gasteiger partial charge in [0, 0.05) is 7.05 Å². The van der Waals surface area contributed by atoms with Gasteiger partial charge >= 0.3 is 0 Å². The number of hydrogen-bond acceptors (Lipinski definition) is 5. The summed E-state index contributed by atoms with van der Waals surface area (Å²) < 4.78 is 28.8. The van der Waals surface area contributed by atoms with Crippen LogP contribution in [0.4, 0.5) is 5.82 Å². The molecule has 0 aliphatic rings. The maximum atomic E-state index is 12.5. The Morgan fingerprint density at radius 2 is 2.00 bits per heavy atom. The van der Waals surface area contributed by atoms with Gasteiger partial charge in [0.15, 0.2) is 5.82 Å². The summed E-state index contributed by atoms with van der Waals surface area (Å²) in [5.41, 5.74) is 6.78. The SMILES string of the molecule is Cc1c(S(=O)(=O)NC(CO)c2ccccc2)c(N)nn1C. The summed E-state index contributed by atoms with van der Waals surface area (Å²) in [4.78, 5) is -0.0561. The number of nitrogens with zero attached hydrogens (tertiary/aromatic N) is 2. The number of hydrogen-bond donors (Lipinski definition) is 3. The van der Waals surface area contributed by atoms with Gasteiger partial charge in [-0.15, -0.1) is 0 Å². The second-order valence-corrected chi connectivity index (χ2v) is 6.34. The van der Waals surface area contributed by atoms with Gasteiger partial charge in [-0.2, -0.15) is 5.10 Å². The number of sulfonamides is 1. The van der Waals surface area contributed by atoms with E-state index in [-0.39, 0.29) is 17.3 Å². The Kier molecular flexibility index (Phi) is 4.31. The van der Waals surface area contributed by atoms with Crippen molar-refractivity contribution < 1.29 is 13.5 Å². The largest absolute Gasteiger partial charge is 0.394 e. The van der Waals surface area contributed by atoms with E-state index in [0.29, 0.717) is 11.3 Å². The van der Waals surface area contributed by atoms with Gasteiger partial charge in [-0.1, -0.05) is 30.3 Å². The fourth-order valence-corrected chi connectivity index (χ4v) is 3.63. The number of aliphatic hydroxyl groups excluding tert-OH is 1. The molecule has 0 radical (unpaired) electrons. The first-order valence-corrected chi connectivity index (χ1v) is 7.82. The van der Waals surface area contributed by atoms with Crippen LogP contribution in [0.15, 0.2) is 35.2 Å². The Hall–Kier alpha value is -1.90. The van der Waals surface area contributed by atoms with E-state index < -0.39 is 16.1 Å². The van der Waals surface area contributed by atoms with Gasteiger partial charge in [-0.05, 0) is 12.5 Å². The van der Waals surface area contributed by atoms with E-state index in [0.717, 1.165) is 0 Å². The van der Waals surface area contributed by atoms with Gasteiger partial charge < -0.3 is 10.8 Å². The summed E-state index contributed by atoms with van der Waals surface area (Å²) in [7, 11) is -2.26. The van der Waals surface area contributed by atoms with Gasteiger partial charge in [-0.25, -0.2) is 13.1 Å². The van der Waals surface area contributed by atoms with E-state index in [9.17, 15) is 13.5 Å². The lowest BCUT2D eigenvalue weighted by Crippen LogP contribution is -2.31. The summed E-state index contributed by atoms with van der Waals surface area (Å²) in [5, 5.41) is 13.4. The van der Waals surface area contributed by atoms with Gasteiger partial charge in [-0.3, -0.25) is 4.68 Å². The Bertz CT molecular complexity index is 725. The van der Waals surface area contributed by atoms with Crippen molar-refractivity contribution in [1.82, 2.24) is 14.5 Å². The summed E-state index contributed by atoms with van der Waals surface area (Å²) >= 11 is 0. The Balaban J connectivity index is 2.36. The lowest BCUT2D eigenvalue weighted by molar-refractivity contribution is 0.259. The molecule has 1 unspecified atom stereocenters. The monoisotopic (exact) mass is 310 g/mol. The van der Waals surface area contributed by atoms with Crippen LogP contribution in [0.5, 0.6) is 0 Å². The number of aromatic nitrogens is 2. The molecule has 8 heteroatoms. The molecular formula is C13H18N4O3S. The molecule has 0 saturated heterocycles. The van der Waals surface area contributed by atoms with Crippen molar-refractivity contribution in [2.75, 3.05) is 12.3 Å². The number of anilines is 1. The van der Waals surface area contributed by atoms with Crippen LogP contribution in [0.3, 0.4) is 0 Å². The average molecular weight is 310 g/mol. The molecule has 0 fully saturated rings. The van der Waals surface area contributed by atoms with Crippen molar-refractivity contribution in [3.8, 4) is 0 Å². The maximum absolute atomic E-state index is 12.5. The first-order chi connectivity index (χ1) is 9.86. The van der Waals surface area contributed by atoms with E-state index >= 15 is 0 Å². The zero-order valence-electron chi connectivity index (χ0n) is 11.8. The molecule has 0 aliphatic carbocycles. The van der Waals surface area contributed by atoms with E-state index in [4.69, 9.17) is 5.73 Å². The molecule has 1 heterocycles. The molecule has 4 N–H and O–H groups in total. The number of nitrogen functional groups attached to an aromatic ring is 1. The second-order valence-electron chi connectivity index (χ2n) is 4.69. The second kappa shape index (κ2) is 5.84. The Morgan fingerprint density at radius 3 is 2.48 bits per heavy atom. The van der Waals surface area contributed by atoms with Crippen LogP contribution < -0.4 is 10.5 Å². The van der Waals surface area contributed by atoms with Crippen LogP contribution in [-0.4, -0.2) is 29.9 Å². The molecule has 1 aromatic carbocycles. The minimum atomic E-state index is -3.88. The third kappa shape index (κ3) is 3.07. The molecule has 2 aromatic rings. The standard InChI is InChI=1S/C13H18N4O3S/c1-9-12(13(14)15-17(9)2)21(19,20)16-11(8-18)10-6-4-3-5-7-10/h3-7,11,16,18H,8H2,1-2H3,(H2,14,15). The molecule has 114 valence electrons. The molecule has 7 nitrogen and oxygen atoms in total. The van der Waals surface area contributed by atoms with Crippen molar-refractivity contribution in [2.45, 2.75) is 17.9 Å². The highest BCUT2D eigenvalue weighted by molar-refractivity contribution is 7.89. The summed E-state index contributed by atoms with van der Waals surface area (Å²) in [6.45, 7) is 1.26. The van der Waals surface area contributed by atoms with Gasteiger partial charge in [0.25, 0.3) is 0 Å². The molecule has 0 bridgehead atoms. The smallest absolute Gasteiger partial charge is 0.246 e. The lowest BCUT2D eigenvalue weighted by Gasteiger charge is -2.16. The third-order valence-electron chi connectivity index (χ3n) is 3.26. The lowest BCUT2D eigenvalue weighted by atomic mass is 10.1. The molecule has 1 aromatic heterocycles. The highest BCUT2D eigenvalue weighted by Crippen LogP contribution is 2.23. The van der Waals surface area contributed by atoms with Crippen LogP contribution >= 0.6 is 0 Å². The van der Waals surface area contributed by atoms with Crippen molar-refractivity contribution in [3.63, 3.8) is 0 Å². The van der Waals surface area contributed by atoms with Gasteiger partial charge in [0.1, 0.15) is 4.90 Å². The zero-order valence-corrected chi connectivity index (χ0v) is 12.6. The van der Waals surface area contributed by atoms with Crippen molar-refractivity contribution >= 4 is 15.8 Å². The highest BCUT2D eigenvalue weighted by atomic mass is 32.2. The molecule has 0 aliphatic heterocycles. The van der Waals surface area contributed by atoms with Crippen molar-refractivity contribution in [2.24, 2.45) is 7.05 Å². The number of aryl methyl sites for hydroxylation is 1. The quantitative estimate of drug-likeness (QED) is 0.737. The first-order valence-electron chi connectivity index (χ1n) is 6.34. The van der Waals surface area contributed by atoms with Crippen LogP contribution in [0.25, 0.3) is 0 Å². The molecule has 21 heavy (non-hydrogen) atoms. The zero-order chi connectivity index (χ0) is 15.6. The maximum Gasteiger partial charge on any atom is 0.246 e.